The fraction of sp³-hybridized carbons (Fsp3) is 0.125. The third kappa shape index (κ3) is 1.94. The highest BCUT2D eigenvalue weighted by Gasteiger charge is 2.21. The standard InChI is InChI=1S/C8H7ClFNO3/c9-3-1-4(6(11)8(13)14)7(12)5(10)2-3/h1-2,6,12H,11H2,(H,13,14). The molecule has 0 heterocycles. The quantitative estimate of drug-likeness (QED) is 0.699. The zero-order valence-electron chi connectivity index (χ0n) is 6.87. The summed E-state index contributed by atoms with van der Waals surface area (Å²) >= 11 is 5.47. The molecule has 76 valence electrons. The van der Waals surface area contributed by atoms with E-state index in [1.807, 2.05) is 0 Å². The van der Waals surface area contributed by atoms with E-state index in [2.05, 4.69) is 0 Å². The van der Waals surface area contributed by atoms with Gasteiger partial charge in [0.2, 0.25) is 0 Å². The Morgan fingerprint density at radius 3 is 2.64 bits per heavy atom. The number of phenolic OH excluding ortho intramolecular Hbond substituents is 1. The van der Waals surface area contributed by atoms with Crippen molar-refractivity contribution in [1.82, 2.24) is 0 Å². The third-order valence-electron chi connectivity index (χ3n) is 1.66. The van der Waals surface area contributed by atoms with Gasteiger partial charge in [0.25, 0.3) is 0 Å². The van der Waals surface area contributed by atoms with E-state index in [-0.39, 0.29) is 10.6 Å². The van der Waals surface area contributed by atoms with Gasteiger partial charge >= 0.3 is 5.97 Å². The normalized spacial score (nSPS) is 12.5. The molecule has 0 aromatic heterocycles. The van der Waals surface area contributed by atoms with Crippen LogP contribution in [0, 0.1) is 5.82 Å². The minimum atomic E-state index is -1.50. The SMILES string of the molecule is NC(C(=O)O)c1cc(Cl)cc(F)c1O. The van der Waals surface area contributed by atoms with Gasteiger partial charge in [0.15, 0.2) is 11.6 Å². The Bertz CT molecular complexity index is 383. The van der Waals surface area contributed by atoms with Crippen molar-refractivity contribution in [3.05, 3.63) is 28.5 Å². The molecular formula is C8H7ClFNO3. The number of halogens is 2. The summed E-state index contributed by atoms with van der Waals surface area (Å²) < 4.78 is 12.9. The lowest BCUT2D eigenvalue weighted by atomic mass is 10.1. The predicted molar refractivity (Wildman–Crippen MR) is 47.6 cm³/mol. The van der Waals surface area contributed by atoms with Crippen molar-refractivity contribution in [3.8, 4) is 5.75 Å². The largest absolute Gasteiger partial charge is 0.505 e. The number of aromatic hydroxyl groups is 1. The average Bonchev–Trinajstić information content (AvgIpc) is 2.09. The maximum absolute atomic E-state index is 12.9. The Hall–Kier alpha value is -1.33. The van der Waals surface area contributed by atoms with Crippen LogP contribution in [0.2, 0.25) is 5.02 Å². The minimum absolute atomic E-state index is 0.0213. The first-order valence-electron chi connectivity index (χ1n) is 3.59. The molecule has 0 aliphatic heterocycles. The van der Waals surface area contributed by atoms with Crippen LogP contribution in [0.3, 0.4) is 0 Å². The van der Waals surface area contributed by atoms with Gasteiger partial charge in [-0.1, -0.05) is 11.6 Å². The highest BCUT2D eigenvalue weighted by Crippen LogP contribution is 2.29. The summed E-state index contributed by atoms with van der Waals surface area (Å²) in [6, 6.07) is 0.483. The van der Waals surface area contributed by atoms with Gasteiger partial charge in [-0.15, -0.1) is 0 Å². The van der Waals surface area contributed by atoms with E-state index in [1.165, 1.54) is 0 Å². The number of benzene rings is 1. The number of hydrogen-bond acceptors (Lipinski definition) is 3. The molecule has 0 saturated heterocycles. The van der Waals surface area contributed by atoms with E-state index in [1.54, 1.807) is 0 Å². The lowest BCUT2D eigenvalue weighted by Gasteiger charge is -2.09. The molecular weight excluding hydrogens is 213 g/mol. The van der Waals surface area contributed by atoms with Crippen molar-refractivity contribution < 1.29 is 19.4 Å². The Kier molecular flexibility index (Phi) is 2.93. The zero-order chi connectivity index (χ0) is 10.9. The van der Waals surface area contributed by atoms with E-state index >= 15 is 0 Å². The lowest BCUT2D eigenvalue weighted by Crippen LogP contribution is -2.20. The summed E-state index contributed by atoms with van der Waals surface area (Å²) in [5, 5.41) is 17.7. The summed E-state index contributed by atoms with van der Waals surface area (Å²) in [5.74, 6) is -3.16. The summed E-state index contributed by atoms with van der Waals surface area (Å²) in [5.41, 5.74) is 4.94. The van der Waals surface area contributed by atoms with Crippen LogP contribution in [-0.4, -0.2) is 16.2 Å². The first-order valence-corrected chi connectivity index (χ1v) is 3.97. The van der Waals surface area contributed by atoms with Gasteiger partial charge in [0.05, 0.1) is 0 Å². The number of hydrogen-bond donors (Lipinski definition) is 3. The molecule has 4 N–H and O–H groups in total. The van der Waals surface area contributed by atoms with Crippen LogP contribution in [0.15, 0.2) is 12.1 Å². The molecule has 0 spiro atoms. The second kappa shape index (κ2) is 3.81. The van der Waals surface area contributed by atoms with E-state index in [0.29, 0.717) is 0 Å². The fourth-order valence-corrected chi connectivity index (χ4v) is 1.17. The van der Waals surface area contributed by atoms with Gasteiger partial charge in [-0.2, -0.15) is 0 Å². The molecule has 0 bridgehead atoms. The van der Waals surface area contributed by atoms with Crippen LogP contribution >= 0.6 is 11.6 Å². The minimum Gasteiger partial charge on any atom is -0.505 e. The van der Waals surface area contributed by atoms with Crippen molar-refractivity contribution >= 4 is 17.6 Å². The van der Waals surface area contributed by atoms with Crippen molar-refractivity contribution in [2.45, 2.75) is 6.04 Å². The third-order valence-corrected chi connectivity index (χ3v) is 1.88. The predicted octanol–water partition coefficient (Wildman–Crippen LogP) is 1.27. The second-order valence-corrected chi connectivity index (χ2v) is 3.08. The molecule has 0 aliphatic carbocycles. The van der Waals surface area contributed by atoms with Crippen LogP contribution in [-0.2, 0) is 4.79 Å². The molecule has 1 atom stereocenters. The molecule has 4 nitrogen and oxygen atoms in total. The number of nitrogens with two attached hydrogens (primary N) is 1. The van der Waals surface area contributed by atoms with E-state index in [4.69, 9.17) is 27.5 Å². The second-order valence-electron chi connectivity index (χ2n) is 2.64. The fourth-order valence-electron chi connectivity index (χ4n) is 0.956. The molecule has 1 aromatic carbocycles. The molecule has 0 aliphatic rings. The molecule has 1 aromatic rings. The van der Waals surface area contributed by atoms with E-state index < -0.39 is 23.6 Å². The highest BCUT2D eigenvalue weighted by atomic mass is 35.5. The molecule has 1 unspecified atom stereocenters. The number of carboxylic acids is 1. The number of rotatable bonds is 2. The molecule has 0 amide bonds. The molecule has 0 saturated carbocycles. The number of carboxylic acid groups (broad SMARTS) is 1. The first-order chi connectivity index (χ1) is 6.43. The van der Waals surface area contributed by atoms with Crippen LogP contribution in [0.5, 0.6) is 5.75 Å². The molecule has 14 heavy (non-hydrogen) atoms. The van der Waals surface area contributed by atoms with Crippen molar-refractivity contribution in [1.29, 1.82) is 0 Å². The lowest BCUT2D eigenvalue weighted by molar-refractivity contribution is -0.138. The van der Waals surface area contributed by atoms with Gasteiger partial charge in [0, 0.05) is 10.6 Å². The number of phenols is 1. The van der Waals surface area contributed by atoms with Crippen LogP contribution in [0.4, 0.5) is 4.39 Å². The maximum atomic E-state index is 12.9. The molecule has 0 fully saturated rings. The van der Waals surface area contributed by atoms with Gasteiger partial charge in [-0.05, 0) is 12.1 Å². The molecule has 0 radical (unpaired) electrons. The van der Waals surface area contributed by atoms with E-state index in [9.17, 15) is 9.18 Å². The van der Waals surface area contributed by atoms with Gasteiger partial charge in [-0.3, -0.25) is 4.79 Å². The summed E-state index contributed by atoms with van der Waals surface area (Å²) in [4.78, 5) is 10.5. The Morgan fingerprint density at radius 2 is 2.14 bits per heavy atom. The Labute approximate surface area is 83.7 Å². The molecule has 6 heteroatoms. The van der Waals surface area contributed by atoms with E-state index in [0.717, 1.165) is 12.1 Å². The van der Waals surface area contributed by atoms with Crippen molar-refractivity contribution in [2.24, 2.45) is 5.73 Å². The Morgan fingerprint density at radius 1 is 1.57 bits per heavy atom. The summed E-state index contributed by atoms with van der Waals surface area (Å²) in [6.07, 6.45) is 0. The highest BCUT2D eigenvalue weighted by molar-refractivity contribution is 6.30. The van der Waals surface area contributed by atoms with Gasteiger partial charge in [0.1, 0.15) is 6.04 Å². The summed E-state index contributed by atoms with van der Waals surface area (Å²) in [6.45, 7) is 0. The first kappa shape index (κ1) is 10.7. The van der Waals surface area contributed by atoms with Crippen LogP contribution in [0.25, 0.3) is 0 Å². The topological polar surface area (TPSA) is 83.6 Å². The Balaban J connectivity index is 3.26. The van der Waals surface area contributed by atoms with Crippen LogP contribution < -0.4 is 5.73 Å². The maximum Gasteiger partial charge on any atom is 0.325 e. The summed E-state index contributed by atoms with van der Waals surface area (Å²) in [7, 11) is 0. The van der Waals surface area contributed by atoms with Crippen LogP contribution in [0.1, 0.15) is 11.6 Å². The van der Waals surface area contributed by atoms with Gasteiger partial charge < -0.3 is 15.9 Å². The molecule has 1 rings (SSSR count). The van der Waals surface area contributed by atoms with Crippen molar-refractivity contribution in [2.75, 3.05) is 0 Å². The zero-order valence-corrected chi connectivity index (χ0v) is 7.62. The number of carbonyl (C=O) groups is 1. The van der Waals surface area contributed by atoms with Crippen molar-refractivity contribution in [3.63, 3.8) is 0 Å². The van der Waals surface area contributed by atoms with Gasteiger partial charge in [-0.25, -0.2) is 4.39 Å². The smallest absolute Gasteiger partial charge is 0.325 e. The monoisotopic (exact) mass is 219 g/mol. The average molecular weight is 220 g/mol. The number of aliphatic carboxylic acids is 1.